The molecular weight excluding hydrogens is 318 g/mol. The molecule has 2 atom stereocenters. The molecule has 0 saturated heterocycles. The molecule has 0 spiro atoms. The van der Waals surface area contributed by atoms with E-state index in [9.17, 15) is 0 Å². The minimum Gasteiger partial charge on any atom is -0.388 e. The first-order chi connectivity index (χ1) is 12.7. The van der Waals surface area contributed by atoms with Gasteiger partial charge in [0, 0.05) is 24.6 Å². The van der Waals surface area contributed by atoms with E-state index in [1.54, 1.807) is 0 Å². The second-order valence-electron chi connectivity index (χ2n) is 7.28. The van der Waals surface area contributed by atoms with E-state index in [1.807, 2.05) is 13.3 Å². The molecule has 0 bridgehead atoms. The molecule has 1 N–H and O–H groups in total. The van der Waals surface area contributed by atoms with Crippen LogP contribution >= 0.6 is 0 Å². The van der Waals surface area contributed by atoms with Gasteiger partial charge in [-0.1, -0.05) is 36.4 Å². The molecule has 134 valence electrons. The molecule has 4 rings (SSSR count). The van der Waals surface area contributed by atoms with E-state index < -0.39 is 0 Å². The summed E-state index contributed by atoms with van der Waals surface area (Å²) >= 11 is 0. The van der Waals surface area contributed by atoms with Crippen LogP contribution in [0.15, 0.2) is 53.5 Å². The van der Waals surface area contributed by atoms with Crippen LogP contribution in [0.5, 0.6) is 0 Å². The van der Waals surface area contributed by atoms with E-state index >= 15 is 0 Å². The summed E-state index contributed by atoms with van der Waals surface area (Å²) in [6.07, 6.45) is 7.87. The molecule has 1 aliphatic heterocycles. The van der Waals surface area contributed by atoms with Gasteiger partial charge in [-0.05, 0) is 67.5 Å². The molecule has 2 aliphatic rings. The lowest BCUT2D eigenvalue weighted by molar-refractivity contribution is 0.216. The molecule has 0 amide bonds. The average Bonchev–Trinajstić information content (AvgIpc) is 2.68. The molecule has 3 nitrogen and oxygen atoms in total. The number of aryl methyl sites for hydroxylation is 2. The number of nitrogens with one attached hydrogen (secondary N) is 1. The quantitative estimate of drug-likeness (QED) is 0.829. The molecule has 0 saturated carbocycles. The molecule has 1 unspecified atom stereocenters. The normalized spacial score (nSPS) is 22.0. The maximum atomic E-state index is 4.70. The van der Waals surface area contributed by atoms with E-state index in [4.69, 9.17) is 4.99 Å². The Kier molecular flexibility index (Phi) is 4.54. The zero-order valence-corrected chi connectivity index (χ0v) is 15.9. The minimum absolute atomic E-state index is 0.144. The highest BCUT2D eigenvalue weighted by Gasteiger charge is 2.31. The second kappa shape index (κ2) is 6.99. The van der Waals surface area contributed by atoms with Crippen molar-refractivity contribution in [3.63, 3.8) is 0 Å². The van der Waals surface area contributed by atoms with E-state index in [0.29, 0.717) is 6.04 Å². The maximum absolute atomic E-state index is 4.70. The highest BCUT2D eigenvalue weighted by Crippen LogP contribution is 2.41. The predicted octanol–water partition coefficient (Wildman–Crippen LogP) is 5.19. The summed E-state index contributed by atoms with van der Waals surface area (Å²) in [7, 11) is 1.99. The first kappa shape index (κ1) is 16.9. The van der Waals surface area contributed by atoms with Crippen LogP contribution in [0.25, 0.3) is 5.70 Å². The lowest BCUT2D eigenvalue weighted by atomic mass is 9.85. The van der Waals surface area contributed by atoms with E-state index in [-0.39, 0.29) is 6.17 Å². The monoisotopic (exact) mass is 345 g/mol. The van der Waals surface area contributed by atoms with Gasteiger partial charge in [-0.3, -0.25) is 4.99 Å². The highest BCUT2D eigenvalue weighted by molar-refractivity contribution is 5.86. The van der Waals surface area contributed by atoms with Gasteiger partial charge in [0.05, 0.1) is 6.04 Å². The smallest absolute Gasteiger partial charge is 0.118 e. The molecular formula is C23H27N3. The van der Waals surface area contributed by atoms with E-state index in [1.165, 1.54) is 52.9 Å². The number of fused-ring (bicyclic) bond motifs is 1. The molecule has 26 heavy (non-hydrogen) atoms. The summed E-state index contributed by atoms with van der Waals surface area (Å²) in [5.41, 5.74) is 7.93. The number of nitrogens with zero attached hydrogens (tertiary/aromatic N) is 2. The molecule has 2 aromatic carbocycles. The van der Waals surface area contributed by atoms with Gasteiger partial charge < -0.3 is 10.2 Å². The Hall–Kier alpha value is -2.55. The van der Waals surface area contributed by atoms with Gasteiger partial charge in [0.15, 0.2) is 0 Å². The molecule has 3 heteroatoms. The highest BCUT2D eigenvalue weighted by atomic mass is 15.3. The van der Waals surface area contributed by atoms with Crippen molar-refractivity contribution in [3.05, 3.63) is 70.8 Å². The van der Waals surface area contributed by atoms with Crippen LogP contribution in [0.3, 0.4) is 0 Å². The second-order valence-corrected chi connectivity index (χ2v) is 7.28. The average molecular weight is 345 g/mol. The molecule has 1 aliphatic carbocycles. The molecule has 2 aromatic rings. The van der Waals surface area contributed by atoms with Crippen LogP contribution in [0.4, 0.5) is 5.69 Å². The first-order valence-corrected chi connectivity index (χ1v) is 9.57. The van der Waals surface area contributed by atoms with Gasteiger partial charge in [-0.15, -0.1) is 0 Å². The lowest BCUT2D eigenvalue weighted by Crippen LogP contribution is -2.37. The zero-order chi connectivity index (χ0) is 18.1. The third-order valence-electron chi connectivity index (χ3n) is 5.69. The molecule has 0 aromatic heterocycles. The SMILES string of the molecule is CNc1cc(C2=CC=NC(C)N2[C@@H]2CCCc3ccccc32)ccc1C. The summed E-state index contributed by atoms with van der Waals surface area (Å²) in [5, 5.41) is 3.32. The Balaban J connectivity index is 1.78. The zero-order valence-electron chi connectivity index (χ0n) is 15.9. The minimum atomic E-state index is 0.144. The van der Waals surface area contributed by atoms with Crippen molar-refractivity contribution in [2.45, 2.75) is 45.3 Å². The number of anilines is 1. The largest absolute Gasteiger partial charge is 0.388 e. The summed E-state index contributed by atoms with van der Waals surface area (Å²) in [6.45, 7) is 4.35. The van der Waals surface area contributed by atoms with Crippen LogP contribution in [0.1, 0.15) is 48.1 Å². The third kappa shape index (κ3) is 2.92. The van der Waals surface area contributed by atoms with Crippen molar-refractivity contribution in [2.24, 2.45) is 4.99 Å². The van der Waals surface area contributed by atoms with Crippen molar-refractivity contribution in [2.75, 3.05) is 12.4 Å². The number of aliphatic imine (C=N–C) groups is 1. The van der Waals surface area contributed by atoms with Gasteiger partial charge in [-0.2, -0.15) is 0 Å². The molecule has 1 heterocycles. The molecule has 0 radical (unpaired) electrons. The maximum Gasteiger partial charge on any atom is 0.118 e. The Morgan fingerprint density at radius 2 is 2.00 bits per heavy atom. The van der Waals surface area contributed by atoms with Gasteiger partial charge in [0.1, 0.15) is 6.17 Å². The van der Waals surface area contributed by atoms with Gasteiger partial charge in [0.25, 0.3) is 0 Å². The summed E-state index contributed by atoms with van der Waals surface area (Å²) < 4.78 is 0. The van der Waals surface area contributed by atoms with Crippen LogP contribution in [-0.2, 0) is 6.42 Å². The Morgan fingerprint density at radius 1 is 1.15 bits per heavy atom. The number of hydrogen-bond donors (Lipinski definition) is 1. The van der Waals surface area contributed by atoms with Crippen LogP contribution in [0.2, 0.25) is 0 Å². The fraction of sp³-hybridized carbons (Fsp3) is 0.348. The van der Waals surface area contributed by atoms with E-state index in [2.05, 4.69) is 72.6 Å². The first-order valence-electron chi connectivity index (χ1n) is 9.57. The lowest BCUT2D eigenvalue weighted by Gasteiger charge is -2.42. The Labute approximate surface area is 156 Å². The number of benzene rings is 2. The number of hydrogen-bond acceptors (Lipinski definition) is 3. The summed E-state index contributed by atoms with van der Waals surface area (Å²) in [4.78, 5) is 7.22. The fourth-order valence-corrected chi connectivity index (χ4v) is 4.34. The Bertz CT molecular complexity index is 866. The van der Waals surface area contributed by atoms with Crippen LogP contribution in [-0.4, -0.2) is 24.3 Å². The number of allylic oxidation sites excluding steroid dienone is 1. The van der Waals surface area contributed by atoms with Crippen molar-refractivity contribution >= 4 is 17.6 Å². The van der Waals surface area contributed by atoms with Crippen molar-refractivity contribution in [1.82, 2.24) is 4.90 Å². The number of rotatable bonds is 3. The van der Waals surface area contributed by atoms with Gasteiger partial charge in [-0.25, -0.2) is 0 Å². The summed E-state index contributed by atoms with van der Waals surface area (Å²) in [5.74, 6) is 0. The van der Waals surface area contributed by atoms with Crippen molar-refractivity contribution in [1.29, 1.82) is 0 Å². The van der Waals surface area contributed by atoms with Crippen LogP contribution in [0, 0.1) is 6.92 Å². The van der Waals surface area contributed by atoms with Gasteiger partial charge >= 0.3 is 0 Å². The van der Waals surface area contributed by atoms with Crippen molar-refractivity contribution < 1.29 is 0 Å². The molecule has 0 fully saturated rings. The van der Waals surface area contributed by atoms with Gasteiger partial charge in [0.2, 0.25) is 0 Å². The fourth-order valence-electron chi connectivity index (χ4n) is 4.34. The Morgan fingerprint density at radius 3 is 2.85 bits per heavy atom. The topological polar surface area (TPSA) is 27.6 Å². The van der Waals surface area contributed by atoms with Crippen LogP contribution < -0.4 is 5.32 Å². The van der Waals surface area contributed by atoms with E-state index in [0.717, 1.165) is 0 Å². The summed E-state index contributed by atoms with van der Waals surface area (Å²) in [6, 6.07) is 16.0. The third-order valence-corrected chi connectivity index (χ3v) is 5.69. The van der Waals surface area contributed by atoms with Crippen molar-refractivity contribution in [3.8, 4) is 0 Å². The predicted molar refractivity (Wildman–Crippen MR) is 111 cm³/mol. The standard InChI is InChI=1S/C23H27N3/c1-16-11-12-19(15-21(16)24-3)22-13-14-25-17(2)26(22)23-10-6-8-18-7-4-5-9-20(18)23/h4-5,7,9,11-15,17,23-24H,6,8,10H2,1-3H3/t17?,23-/m1/s1.